The van der Waals surface area contributed by atoms with Crippen LogP contribution in [0.1, 0.15) is 18.4 Å². The highest BCUT2D eigenvalue weighted by molar-refractivity contribution is 5.89. The molecule has 2 rings (SSSR count). The highest BCUT2D eigenvalue weighted by Crippen LogP contribution is 2.30. The molecule has 18 heavy (non-hydrogen) atoms. The van der Waals surface area contributed by atoms with Gasteiger partial charge in [0.2, 0.25) is 0 Å². The molecular formula is C15H16O3. The number of ether oxygens (including phenoxy) is 1. The molecule has 0 aliphatic rings. The Hall–Kier alpha value is -2.03. The van der Waals surface area contributed by atoms with Crippen LogP contribution in [0.15, 0.2) is 36.4 Å². The molecule has 0 bridgehead atoms. The fourth-order valence-electron chi connectivity index (χ4n) is 2.16. The van der Waals surface area contributed by atoms with Crippen LogP contribution in [0.4, 0.5) is 0 Å². The van der Waals surface area contributed by atoms with E-state index in [1.54, 1.807) is 7.11 Å². The normalized spacial score (nSPS) is 10.5. The number of fused-ring (bicyclic) bond motifs is 1. The summed E-state index contributed by atoms with van der Waals surface area (Å²) < 4.78 is 5.47. The highest BCUT2D eigenvalue weighted by atomic mass is 16.5. The Bertz CT molecular complexity index is 561. The summed E-state index contributed by atoms with van der Waals surface area (Å²) in [5, 5.41) is 10.9. The van der Waals surface area contributed by atoms with Crippen molar-refractivity contribution in [1.29, 1.82) is 0 Å². The summed E-state index contributed by atoms with van der Waals surface area (Å²) in [7, 11) is 1.66. The predicted octanol–water partition coefficient (Wildman–Crippen LogP) is 3.26. The van der Waals surface area contributed by atoms with E-state index in [0.717, 1.165) is 28.5 Å². The van der Waals surface area contributed by atoms with E-state index in [0.29, 0.717) is 6.42 Å². The maximum absolute atomic E-state index is 10.5. The number of aryl methyl sites for hydroxylation is 1. The summed E-state index contributed by atoms with van der Waals surface area (Å²) >= 11 is 0. The van der Waals surface area contributed by atoms with Crippen molar-refractivity contribution in [1.82, 2.24) is 0 Å². The van der Waals surface area contributed by atoms with Crippen LogP contribution >= 0.6 is 0 Å². The van der Waals surface area contributed by atoms with E-state index < -0.39 is 5.97 Å². The minimum atomic E-state index is -0.755. The van der Waals surface area contributed by atoms with Crippen LogP contribution in [0.3, 0.4) is 0 Å². The van der Waals surface area contributed by atoms with Crippen molar-refractivity contribution >= 4 is 16.7 Å². The van der Waals surface area contributed by atoms with Crippen LogP contribution in [0.5, 0.6) is 5.75 Å². The van der Waals surface area contributed by atoms with Gasteiger partial charge in [0.05, 0.1) is 7.11 Å². The standard InChI is InChI=1S/C15H16O3/c1-18-15-12(6-4-8-14(16)17)10-9-11-5-2-3-7-13(11)15/h2-3,5,7,9-10H,4,6,8H2,1H3,(H,16,17). The number of carboxylic acids is 1. The van der Waals surface area contributed by atoms with Gasteiger partial charge in [-0.2, -0.15) is 0 Å². The Morgan fingerprint density at radius 1 is 1.22 bits per heavy atom. The average Bonchev–Trinajstić information content (AvgIpc) is 2.38. The number of rotatable bonds is 5. The van der Waals surface area contributed by atoms with E-state index in [1.165, 1.54) is 0 Å². The fourth-order valence-corrected chi connectivity index (χ4v) is 2.16. The molecule has 0 unspecified atom stereocenters. The first kappa shape index (κ1) is 12.4. The number of hydrogen-bond acceptors (Lipinski definition) is 2. The molecule has 0 saturated heterocycles. The zero-order valence-corrected chi connectivity index (χ0v) is 10.3. The van der Waals surface area contributed by atoms with Gasteiger partial charge in [0.15, 0.2) is 0 Å². The van der Waals surface area contributed by atoms with Crippen LogP contribution in [-0.2, 0) is 11.2 Å². The van der Waals surface area contributed by atoms with E-state index in [1.807, 2.05) is 36.4 Å². The van der Waals surface area contributed by atoms with Crippen molar-refractivity contribution < 1.29 is 14.6 Å². The first-order chi connectivity index (χ1) is 8.72. The van der Waals surface area contributed by atoms with Crippen molar-refractivity contribution in [2.45, 2.75) is 19.3 Å². The van der Waals surface area contributed by atoms with E-state index in [2.05, 4.69) is 0 Å². The second kappa shape index (κ2) is 5.54. The Kier molecular flexibility index (Phi) is 3.82. The van der Waals surface area contributed by atoms with Gasteiger partial charge in [-0.25, -0.2) is 0 Å². The molecule has 1 N–H and O–H groups in total. The molecule has 2 aromatic carbocycles. The van der Waals surface area contributed by atoms with Crippen molar-refractivity contribution in [3.63, 3.8) is 0 Å². The minimum absolute atomic E-state index is 0.190. The van der Waals surface area contributed by atoms with Crippen molar-refractivity contribution in [3.05, 3.63) is 42.0 Å². The zero-order chi connectivity index (χ0) is 13.0. The molecule has 2 aromatic rings. The Morgan fingerprint density at radius 2 is 2.00 bits per heavy atom. The maximum atomic E-state index is 10.5. The van der Waals surface area contributed by atoms with Crippen LogP contribution in [0.2, 0.25) is 0 Å². The second-order valence-electron chi connectivity index (χ2n) is 4.23. The summed E-state index contributed by atoms with van der Waals surface area (Å²) in [6, 6.07) is 12.1. The average molecular weight is 244 g/mol. The summed E-state index contributed by atoms with van der Waals surface area (Å²) in [6.07, 6.45) is 1.54. The smallest absolute Gasteiger partial charge is 0.303 e. The van der Waals surface area contributed by atoms with E-state index in [9.17, 15) is 4.79 Å². The molecule has 0 aliphatic carbocycles. The largest absolute Gasteiger partial charge is 0.496 e. The first-order valence-electron chi connectivity index (χ1n) is 5.99. The van der Waals surface area contributed by atoms with Crippen molar-refractivity contribution in [3.8, 4) is 5.75 Å². The third-order valence-corrected chi connectivity index (χ3v) is 3.00. The Morgan fingerprint density at radius 3 is 2.72 bits per heavy atom. The molecule has 0 spiro atoms. The molecule has 0 amide bonds. The number of carboxylic acid groups (broad SMARTS) is 1. The van der Waals surface area contributed by atoms with Gasteiger partial charge < -0.3 is 9.84 Å². The number of carbonyl (C=O) groups is 1. The topological polar surface area (TPSA) is 46.5 Å². The van der Waals surface area contributed by atoms with E-state index in [4.69, 9.17) is 9.84 Å². The first-order valence-corrected chi connectivity index (χ1v) is 5.99. The van der Waals surface area contributed by atoms with Crippen molar-refractivity contribution in [2.75, 3.05) is 7.11 Å². The molecule has 0 atom stereocenters. The maximum Gasteiger partial charge on any atom is 0.303 e. The molecule has 0 heterocycles. The highest BCUT2D eigenvalue weighted by Gasteiger charge is 2.08. The summed E-state index contributed by atoms with van der Waals surface area (Å²) in [4.78, 5) is 10.5. The van der Waals surface area contributed by atoms with E-state index >= 15 is 0 Å². The number of aliphatic carboxylic acids is 1. The van der Waals surface area contributed by atoms with Gasteiger partial charge in [-0.3, -0.25) is 4.79 Å². The third kappa shape index (κ3) is 2.62. The van der Waals surface area contributed by atoms with Gasteiger partial charge in [-0.05, 0) is 23.8 Å². The second-order valence-corrected chi connectivity index (χ2v) is 4.23. The fraction of sp³-hybridized carbons (Fsp3) is 0.267. The zero-order valence-electron chi connectivity index (χ0n) is 10.3. The molecule has 0 aliphatic heterocycles. The molecule has 0 aromatic heterocycles. The van der Waals surface area contributed by atoms with Crippen LogP contribution < -0.4 is 4.74 Å². The van der Waals surface area contributed by atoms with Gasteiger partial charge in [-0.15, -0.1) is 0 Å². The molecular weight excluding hydrogens is 228 g/mol. The summed E-state index contributed by atoms with van der Waals surface area (Å²) in [5.41, 5.74) is 1.07. The monoisotopic (exact) mass is 244 g/mol. The Balaban J connectivity index is 2.30. The van der Waals surface area contributed by atoms with Crippen LogP contribution in [0.25, 0.3) is 10.8 Å². The molecule has 0 radical (unpaired) electrons. The van der Waals surface area contributed by atoms with E-state index in [-0.39, 0.29) is 6.42 Å². The SMILES string of the molecule is COc1c(CCCC(=O)O)ccc2ccccc12. The molecule has 94 valence electrons. The van der Waals surface area contributed by atoms with Gasteiger partial charge in [0.25, 0.3) is 0 Å². The summed E-state index contributed by atoms with van der Waals surface area (Å²) in [6.45, 7) is 0. The molecule has 0 fully saturated rings. The number of benzene rings is 2. The van der Waals surface area contributed by atoms with Gasteiger partial charge >= 0.3 is 5.97 Å². The molecule has 3 heteroatoms. The van der Waals surface area contributed by atoms with Gasteiger partial charge in [0.1, 0.15) is 5.75 Å². The lowest BCUT2D eigenvalue weighted by atomic mass is 10.0. The van der Waals surface area contributed by atoms with Crippen LogP contribution in [0, 0.1) is 0 Å². The predicted molar refractivity (Wildman–Crippen MR) is 71.1 cm³/mol. The van der Waals surface area contributed by atoms with Gasteiger partial charge in [-0.1, -0.05) is 36.4 Å². The lowest BCUT2D eigenvalue weighted by Crippen LogP contribution is -1.98. The van der Waals surface area contributed by atoms with Crippen molar-refractivity contribution in [2.24, 2.45) is 0 Å². The number of hydrogen-bond donors (Lipinski definition) is 1. The molecule has 3 nitrogen and oxygen atoms in total. The molecule has 0 saturated carbocycles. The lowest BCUT2D eigenvalue weighted by Gasteiger charge is -2.11. The summed E-state index contributed by atoms with van der Waals surface area (Å²) in [5.74, 6) is 0.105. The van der Waals surface area contributed by atoms with Crippen LogP contribution in [-0.4, -0.2) is 18.2 Å². The third-order valence-electron chi connectivity index (χ3n) is 3.00. The lowest BCUT2D eigenvalue weighted by molar-refractivity contribution is -0.137. The van der Waals surface area contributed by atoms with Gasteiger partial charge in [0, 0.05) is 11.8 Å². The quantitative estimate of drug-likeness (QED) is 0.878. The Labute approximate surface area is 106 Å². The minimum Gasteiger partial charge on any atom is -0.496 e. The number of methoxy groups -OCH3 is 1.